The highest BCUT2D eigenvalue weighted by atomic mass is 79.9. The minimum absolute atomic E-state index is 0.0343. The van der Waals surface area contributed by atoms with Crippen molar-refractivity contribution in [3.8, 4) is 23.1 Å². The first-order valence-corrected chi connectivity index (χ1v) is 7.60. The third-order valence-corrected chi connectivity index (χ3v) is 4.09. The molecule has 1 fully saturated rings. The van der Waals surface area contributed by atoms with E-state index in [4.69, 9.17) is 4.74 Å². The van der Waals surface area contributed by atoms with Gasteiger partial charge in [0.1, 0.15) is 17.4 Å². The maximum absolute atomic E-state index is 13.2. The Bertz CT molecular complexity index is 784. The number of halogens is 4. The number of alkyl halides is 3. The number of ether oxygens (including phenoxy) is 1. The van der Waals surface area contributed by atoms with Crippen molar-refractivity contribution >= 4 is 15.9 Å². The first-order chi connectivity index (χ1) is 10.8. The van der Waals surface area contributed by atoms with Gasteiger partial charge >= 0.3 is 6.18 Å². The van der Waals surface area contributed by atoms with E-state index in [0.29, 0.717) is 10.2 Å². The molecule has 1 aliphatic rings. The molecule has 0 radical (unpaired) electrons. The first-order valence-electron chi connectivity index (χ1n) is 6.81. The van der Waals surface area contributed by atoms with Crippen molar-refractivity contribution in [3.05, 3.63) is 33.9 Å². The number of hydrogen-bond acceptors (Lipinski definition) is 3. The molecule has 0 unspecified atom stereocenters. The van der Waals surface area contributed by atoms with E-state index in [2.05, 4.69) is 21.0 Å². The topological polar surface area (TPSA) is 50.8 Å². The average Bonchev–Trinajstić information content (AvgIpc) is 3.22. The number of rotatable bonds is 3. The van der Waals surface area contributed by atoms with Gasteiger partial charge in [0.15, 0.2) is 0 Å². The summed E-state index contributed by atoms with van der Waals surface area (Å²) in [7, 11) is 1.60. The van der Waals surface area contributed by atoms with Crippen molar-refractivity contribution in [2.45, 2.75) is 25.1 Å². The Kier molecular flexibility index (Phi) is 3.84. The summed E-state index contributed by atoms with van der Waals surface area (Å²) >= 11 is 3.27. The van der Waals surface area contributed by atoms with E-state index in [1.165, 1.54) is 10.9 Å². The molecule has 8 heteroatoms. The van der Waals surface area contributed by atoms with Gasteiger partial charge in [-0.15, -0.1) is 0 Å². The van der Waals surface area contributed by atoms with Crippen molar-refractivity contribution in [1.82, 2.24) is 9.78 Å². The van der Waals surface area contributed by atoms with Gasteiger partial charge in [0, 0.05) is 12.6 Å². The highest BCUT2D eigenvalue weighted by Crippen LogP contribution is 2.41. The van der Waals surface area contributed by atoms with Crippen LogP contribution in [0.5, 0.6) is 5.75 Å². The molecule has 0 amide bonds. The molecule has 1 heterocycles. The smallest absolute Gasteiger partial charge is 0.416 e. The predicted molar refractivity (Wildman–Crippen MR) is 79.7 cm³/mol. The summed E-state index contributed by atoms with van der Waals surface area (Å²) in [5, 5.41) is 13.5. The summed E-state index contributed by atoms with van der Waals surface area (Å²) in [6.07, 6.45) is -1.61. The molecule has 1 aromatic carbocycles. The second-order valence-electron chi connectivity index (χ2n) is 5.29. The van der Waals surface area contributed by atoms with Crippen molar-refractivity contribution in [3.63, 3.8) is 0 Å². The molecular formula is C15H11BrF3N3O. The third-order valence-electron chi connectivity index (χ3n) is 3.51. The Balaban J connectivity index is 2.26. The second kappa shape index (κ2) is 5.57. The number of aryl methyl sites for hydroxylation is 1. The maximum Gasteiger partial charge on any atom is 0.416 e. The Morgan fingerprint density at radius 1 is 1.39 bits per heavy atom. The van der Waals surface area contributed by atoms with E-state index >= 15 is 0 Å². The number of nitriles is 1. The van der Waals surface area contributed by atoms with Crippen LogP contribution in [0.4, 0.5) is 13.2 Å². The molecule has 1 aliphatic carbocycles. The van der Waals surface area contributed by atoms with Crippen LogP contribution in [0.25, 0.3) is 11.3 Å². The summed E-state index contributed by atoms with van der Waals surface area (Å²) in [5.41, 5.74) is -0.234. The molecule has 23 heavy (non-hydrogen) atoms. The quantitative estimate of drug-likeness (QED) is 0.791. The van der Waals surface area contributed by atoms with Gasteiger partial charge in [-0.25, -0.2) is 0 Å². The third kappa shape index (κ3) is 3.06. The van der Waals surface area contributed by atoms with Crippen LogP contribution >= 0.6 is 15.9 Å². The molecule has 0 N–H and O–H groups in total. The SMILES string of the molecule is Cn1ncc(Br)c1-c1cc(C(F)(F)F)cc(OC2CC2)c1C#N. The van der Waals surface area contributed by atoms with Crippen molar-refractivity contribution in [2.75, 3.05) is 0 Å². The molecule has 0 saturated heterocycles. The molecule has 2 aromatic rings. The fourth-order valence-electron chi connectivity index (χ4n) is 2.25. The number of aromatic nitrogens is 2. The van der Waals surface area contributed by atoms with E-state index in [9.17, 15) is 18.4 Å². The molecule has 0 bridgehead atoms. The summed E-state index contributed by atoms with van der Waals surface area (Å²) in [6, 6.07) is 3.82. The lowest BCUT2D eigenvalue weighted by Crippen LogP contribution is -2.09. The Labute approximate surface area is 138 Å². The van der Waals surface area contributed by atoms with Gasteiger partial charge in [-0.3, -0.25) is 4.68 Å². The minimum atomic E-state index is -4.53. The number of nitrogens with zero attached hydrogens (tertiary/aromatic N) is 3. The Morgan fingerprint density at radius 2 is 2.09 bits per heavy atom. The molecule has 0 aliphatic heterocycles. The van der Waals surface area contributed by atoms with Crippen molar-refractivity contribution in [2.24, 2.45) is 7.05 Å². The van der Waals surface area contributed by atoms with Crippen molar-refractivity contribution < 1.29 is 17.9 Å². The zero-order valence-electron chi connectivity index (χ0n) is 12.0. The lowest BCUT2D eigenvalue weighted by Gasteiger charge is -2.16. The van der Waals surface area contributed by atoms with Gasteiger partial charge in [0.2, 0.25) is 0 Å². The monoisotopic (exact) mass is 385 g/mol. The summed E-state index contributed by atoms with van der Waals surface area (Å²) in [4.78, 5) is 0. The summed E-state index contributed by atoms with van der Waals surface area (Å²) < 4.78 is 47.1. The first kappa shape index (κ1) is 15.9. The van der Waals surface area contributed by atoms with Crippen molar-refractivity contribution in [1.29, 1.82) is 5.26 Å². The molecule has 0 spiro atoms. The van der Waals surface area contributed by atoms with Crippen LogP contribution < -0.4 is 4.74 Å². The summed E-state index contributed by atoms with van der Waals surface area (Å²) in [5.74, 6) is -0.0343. The van der Waals surface area contributed by atoms with Crippen LogP contribution in [0.3, 0.4) is 0 Å². The highest BCUT2D eigenvalue weighted by Gasteiger charge is 2.35. The van der Waals surface area contributed by atoms with Crippen LogP contribution in [0, 0.1) is 11.3 Å². The van der Waals surface area contributed by atoms with E-state index in [1.54, 1.807) is 7.05 Å². The van der Waals surface area contributed by atoms with Crippen LogP contribution in [0.2, 0.25) is 0 Å². The molecule has 120 valence electrons. The largest absolute Gasteiger partial charge is 0.489 e. The van der Waals surface area contributed by atoms with Crippen LogP contribution in [0.1, 0.15) is 24.0 Å². The molecular weight excluding hydrogens is 375 g/mol. The lowest BCUT2D eigenvalue weighted by molar-refractivity contribution is -0.137. The normalized spacial score (nSPS) is 14.6. The van der Waals surface area contributed by atoms with E-state index in [0.717, 1.165) is 25.0 Å². The fourth-order valence-corrected chi connectivity index (χ4v) is 2.82. The van der Waals surface area contributed by atoms with E-state index in [1.807, 2.05) is 6.07 Å². The van der Waals surface area contributed by atoms with Gasteiger partial charge < -0.3 is 4.74 Å². The minimum Gasteiger partial charge on any atom is -0.489 e. The number of hydrogen-bond donors (Lipinski definition) is 0. The predicted octanol–water partition coefficient (Wildman–Crippen LogP) is 4.28. The molecule has 0 atom stereocenters. The molecule has 3 rings (SSSR count). The molecule has 4 nitrogen and oxygen atoms in total. The second-order valence-corrected chi connectivity index (χ2v) is 6.14. The van der Waals surface area contributed by atoms with Gasteiger partial charge in [0.05, 0.1) is 28.0 Å². The highest BCUT2D eigenvalue weighted by molar-refractivity contribution is 9.10. The van der Waals surface area contributed by atoms with Gasteiger partial charge in [-0.05, 0) is 40.9 Å². The van der Waals surface area contributed by atoms with E-state index < -0.39 is 11.7 Å². The fraction of sp³-hybridized carbons (Fsp3) is 0.333. The van der Waals surface area contributed by atoms with Crippen LogP contribution in [-0.4, -0.2) is 15.9 Å². The Hall–Kier alpha value is -2.01. The van der Waals surface area contributed by atoms with Gasteiger partial charge in [-0.2, -0.15) is 23.5 Å². The Morgan fingerprint density at radius 3 is 2.57 bits per heavy atom. The standard InChI is InChI=1S/C15H11BrF3N3O/c1-22-14(12(16)7-21-22)10-4-8(15(17,18)19)5-13(11(10)6-20)23-9-2-3-9/h4-5,7,9H,2-3H2,1H3. The van der Waals surface area contributed by atoms with Crippen LogP contribution in [-0.2, 0) is 13.2 Å². The van der Waals surface area contributed by atoms with Crippen LogP contribution in [0.15, 0.2) is 22.8 Å². The van der Waals surface area contributed by atoms with Gasteiger partial charge in [-0.1, -0.05) is 0 Å². The van der Waals surface area contributed by atoms with Gasteiger partial charge in [0.25, 0.3) is 0 Å². The molecule has 1 aromatic heterocycles. The number of benzene rings is 1. The zero-order valence-corrected chi connectivity index (χ0v) is 13.6. The average molecular weight is 386 g/mol. The molecule has 1 saturated carbocycles. The maximum atomic E-state index is 13.2. The zero-order chi connectivity index (χ0) is 16.8. The lowest BCUT2D eigenvalue weighted by atomic mass is 10.00. The van der Waals surface area contributed by atoms with E-state index in [-0.39, 0.29) is 23.0 Å². The summed E-state index contributed by atoms with van der Waals surface area (Å²) in [6.45, 7) is 0.